The van der Waals surface area contributed by atoms with Crippen LogP contribution in [0.4, 0.5) is 0 Å². The van der Waals surface area contributed by atoms with E-state index in [0.29, 0.717) is 11.8 Å². The molecule has 0 bridgehead atoms. The zero-order valence-corrected chi connectivity index (χ0v) is 16.1. The molecule has 0 unspecified atom stereocenters. The summed E-state index contributed by atoms with van der Waals surface area (Å²) in [5.41, 5.74) is 1.69. The van der Waals surface area contributed by atoms with Crippen molar-refractivity contribution >= 4 is 11.7 Å². The summed E-state index contributed by atoms with van der Waals surface area (Å²) in [6.45, 7) is 2.88. The summed E-state index contributed by atoms with van der Waals surface area (Å²) in [5, 5.41) is 3.07. The molecule has 1 N–H and O–H groups in total. The number of hydrogen-bond donors (Lipinski definition) is 1. The number of amidine groups is 1. The molecule has 3 aliphatic rings. The molecule has 3 atom stereocenters. The van der Waals surface area contributed by atoms with Crippen LogP contribution in [-0.4, -0.2) is 42.4 Å². The normalized spacial score (nSPS) is 29.0. The lowest BCUT2D eigenvalue weighted by Gasteiger charge is -2.25. The van der Waals surface area contributed by atoms with Crippen molar-refractivity contribution in [1.82, 2.24) is 10.2 Å². The van der Waals surface area contributed by atoms with Crippen LogP contribution < -0.4 is 10.1 Å². The van der Waals surface area contributed by atoms with Gasteiger partial charge >= 0.3 is 0 Å². The van der Waals surface area contributed by atoms with Gasteiger partial charge in [-0.15, -0.1) is 0 Å². The van der Waals surface area contributed by atoms with Gasteiger partial charge in [-0.3, -0.25) is 14.7 Å². The molecule has 2 aromatic rings. The molecule has 1 saturated heterocycles. The Kier molecular flexibility index (Phi) is 4.20. The molecular formula is C23H25N3O2. The summed E-state index contributed by atoms with van der Waals surface area (Å²) in [7, 11) is 1.69. The summed E-state index contributed by atoms with van der Waals surface area (Å²) >= 11 is 0. The third-order valence-corrected chi connectivity index (χ3v) is 6.58. The molecule has 28 heavy (non-hydrogen) atoms. The number of carbonyl (C=O) groups is 1. The molecule has 5 rings (SSSR count). The Morgan fingerprint density at radius 3 is 2.68 bits per heavy atom. The van der Waals surface area contributed by atoms with Gasteiger partial charge in [0.15, 0.2) is 0 Å². The van der Waals surface area contributed by atoms with Crippen molar-refractivity contribution in [3.8, 4) is 5.75 Å². The highest BCUT2D eigenvalue weighted by Crippen LogP contribution is 2.49. The Morgan fingerprint density at radius 1 is 1.14 bits per heavy atom. The van der Waals surface area contributed by atoms with Crippen LogP contribution in [-0.2, 0) is 11.3 Å². The van der Waals surface area contributed by atoms with Crippen LogP contribution in [0.15, 0.2) is 59.6 Å². The lowest BCUT2D eigenvalue weighted by atomic mass is 9.85. The Hall–Kier alpha value is -2.66. The van der Waals surface area contributed by atoms with Gasteiger partial charge in [0.25, 0.3) is 5.91 Å². The Balaban J connectivity index is 1.35. The van der Waals surface area contributed by atoms with Crippen LogP contribution in [0, 0.1) is 11.8 Å². The van der Waals surface area contributed by atoms with E-state index >= 15 is 0 Å². The van der Waals surface area contributed by atoms with Crippen molar-refractivity contribution in [2.45, 2.75) is 24.9 Å². The van der Waals surface area contributed by atoms with Gasteiger partial charge in [-0.1, -0.05) is 42.5 Å². The minimum absolute atomic E-state index is 0.0881. The summed E-state index contributed by atoms with van der Waals surface area (Å²) in [5.74, 6) is 2.55. The van der Waals surface area contributed by atoms with Crippen LogP contribution >= 0.6 is 0 Å². The minimum Gasteiger partial charge on any atom is -0.497 e. The van der Waals surface area contributed by atoms with Gasteiger partial charge in [-0.25, -0.2) is 0 Å². The van der Waals surface area contributed by atoms with E-state index in [2.05, 4.69) is 22.3 Å². The number of amides is 1. The van der Waals surface area contributed by atoms with Crippen molar-refractivity contribution in [3.63, 3.8) is 0 Å². The van der Waals surface area contributed by atoms with Crippen molar-refractivity contribution in [2.75, 3.05) is 20.2 Å². The number of hydrogen-bond acceptors (Lipinski definition) is 4. The zero-order chi connectivity index (χ0) is 19.1. The fraction of sp³-hybridized carbons (Fsp3) is 0.391. The largest absolute Gasteiger partial charge is 0.497 e. The van der Waals surface area contributed by atoms with Crippen molar-refractivity contribution in [1.29, 1.82) is 0 Å². The quantitative estimate of drug-likeness (QED) is 0.894. The number of nitrogens with zero attached hydrogens (tertiary/aromatic N) is 2. The van der Waals surface area contributed by atoms with Crippen LogP contribution in [0.5, 0.6) is 5.75 Å². The van der Waals surface area contributed by atoms with Gasteiger partial charge in [-0.2, -0.15) is 0 Å². The van der Waals surface area contributed by atoms with E-state index in [-0.39, 0.29) is 5.91 Å². The first-order chi connectivity index (χ1) is 13.7. The van der Waals surface area contributed by atoms with E-state index in [9.17, 15) is 4.79 Å². The van der Waals surface area contributed by atoms with E-state index in [0.717, 1.165) is 49.6 Å². The van der Waals surface area contributed by atoms with Gasteiger partial charge in [0, 0.05) is 31.1 Å². The second kappa shape index (κ2) is 6.74. The Labute approximate surface area is 165 Å². The third-order valence-electron chi connectivity index (χ3n) is 6.58. The van der Waals surface area contributed by atoms with Crippen LogP contribution in [0.25, 0.3) is 0 Å². The van der Waals surface area contributed by atoms with Gasteiger partial charge < -0.3 is 10.1 Å². The summed E-state index contributed by atoms with van der Waals surface area (Å²) in [6.07, 6.45) is 1.93. The van der Waals surface area contributed by atoms with Crippen LogP contribution in [0.2, 0.25) is 0 Å². The molecule has 5 nitrogen and oxygen atoms in total. The predicted octanol–water partition coefficient (Wildman–Crippen LogP) is 2.85. The molecule has 0 radical (unpaired) electrons. The second-order valence-corrected chi connectivity index (χ2v) is 8.15. The fourth-order valence-electron chi connectivity index (χ4n) is 5.15. The maximum absolute atomic E-state index is 13.0. The minimum atomic E-state index is -0.579. The molecule has 1 saturated carbocycles. The molecule has 144 valence electrons. The number of methoxy groups -OCH3 is 1. The van der Waals surface area contributed by atoms with E-state index < -0.39 is 5.54 Å². The highest BCUT2D eigenvalue weighted by molar-refractivity contribution is 6.15. The lowest BCUT2D eigenvalue weighted by Crippen LogP contribution is -2.44. The first kappa shape index (κ1) is 17.4. The standard InChI is InChI=1S/C23H25N3O2/c1-28-19-9-7-16(8-10-19)13-26-14-18-11-12-23(20(18)15-26)22(27)24-21(25-23)17-5-3-2-4-6-17/h2-10,18,20H,11-15H2,1H3,(H,24,25,27)/t18-,20+,23-/m1/s1. The highest BCUT2D eigenvalue weighted by Gasteiger charge is 2.59. The molecule has 1 amide bonds. The van der Waals surface area contributed by atoms with Crippen LogP contribution in [0.3, 0.4) is 0 Å². The fourth-order valence-corrected chi connectivity index (χ4v) is 5.15. The Bertz CT molecular complexity index is 909. The number of aliphatic imine (C=N–C) groups is 1. The predicted molar refractivity (Wildman–Crippen MR) is 108 cm³/mol. The summed E-state index contributed by atoms with van der Waals surface area (Å²) < 4.78 is 5.25. The van der Waals surface area contributed by atoms with Crippen molar-refractivity contribution in [3.05, 3.63) is 65.7 Å². The maximum Gasteiger partial charge on any atom is 0.253 e. The first-order valence-corrected chi connectivity index (χ1v) is 10.00. The molecule has 1 spiro atoms. The van der Waals surface area contributed by atoms with Crippen molar-refractivity contribution < 1.29 is 9.53 Å². The first-order valence-electron chi connectivity index (χ1n) is 10.00. The van der Waals surface area contributed by atoms with Gasteiger partial charge in [0.05, 0.1) is 7.11 Å². The molecular weight excluding hydrogens is 350 g/mol. The molecule has 2 heterocycles. The molecule has 0 aromatic heterocycles. The molecule has 2 aromatic carbocycles. The lowest BCUT2D eigenvalue weighted by molar-refractivity contribution is -0.125. The second-order valence-electron chi connectivity index (χ2n) is 8.15. The smallest absolute Gasteiger partial charge is 0.253 e. The van der Waals surface area contributed by atoms with Crippen molar-refractivity contribution in [2.24, 2.45) is 16.8 Å². The molecule has 5 heteroatoms. The third kappa shape index (κ3) is 2.81. The highest BCUT2D eigenvalue weighted by atomic mass is 16.5. The number of likely N-dealkylation sites (tertiary alicyclic amines) is 1. The number of ether oxygens (including phenoxy) is 1. The number of nitrogens with one attached hydrogen (secondary N) is 1. The number of fused-ring (bicyclic) bond motifs is 2. The zero-order valence-electron chi connectivity index (χ0n) is 16.1. The molecule has 2 aliphatic heterocycles. The monoisotopic (exact) mass is 375 g/mol. The van der Waals surface area contributed by atoms with E-state index in [4.69, 9.17) is 9.73 Å². The molecule has 1 aliphatic carbocycles. The summed E-state index contributed by atoms with van der Waals surface area (Å²) in [4.78, 5) is 20.5. The van der Waals surface area contributed by atoms with Gasteiger partial charge in [0.2, 0.25) is 0 Å². The topological polar surface area (TPSA) is 53.9 Å². The number of benzene rings is 2. The maximum atomic E-state index is 13.0. The van der Waals surface area contributed by atoms with Crippen LogP contribution in [0.1, 0.15) is 24.0 Å². The van der Waals surface area contributed by atoms with Gasteiger partial charge in [0.1, 0.15) is 17.1 Å². The Morgan fingerprint density at radius 2 is 1.93 bits per heavy atom. The van der Waals surface area contributed by atoms with E-state index in [1.54, 1.807) is 7.11 Å². The average Bonchev–Trinajstić information content (AvgIpc) is 3.38. The number of carbonyl (C=O) groups excluding carboxylic acids is 1. The number of rotatable bonds is 4. The van der Waals surface area contributed by atoms with Gasteiger partial charge in [-0.05, 0) is 36.5 Å². The van der Waals surface area contributed by atoms with E-state index in [1.165, 1.54) is 5.56 Å². The SMILES string of the molecule is COc1ccc(CN2C[C@H]3CC[C@@]4(N=C(c5ccccc5)NC4=O)[C@H]3C2)cc1. The van der Waals surface area contributed by atoms with E-state index in [1.807, 2.05) is 42.5 Å². The summed E-state index contributed by atoms with van der Waals surface area (Å²) in [6, 6.07) is 18.2. The average molecular weight is 375 g/mol. The molecule has 2 fully saturated rings.